The van der Waals surface area contributed by atoms with E-state index in [1.165, 1.54) is 6.20 Å². The third-order valence-electron chi connectivity index (χ3n) is 4.27. The predicted octanol–water partition coefficient (Wildman–Crippen LogP) is 4.98. The molecule has 1 fully saturated rings. The summed E-state index contributed by atoms with van der Waals surface area (Å²) in [6, 6.07) is 8.57. The summed E-state index contributed by atoms with van der Waals surface area (Å²) in [5, 5.41) is 0.731. The Morgan fingerprint density at radius 1 is 1.22 bits per heavy atom. The largest absolute Gasteiger partial charge is 0.437 e. The number of piperidine rings is 1. The minimum absolute atomic E-state index is 0. The van der Waals surface area contributed by atoms with Gasteiger partial charge in [-0.1, -0.05) is 29.3 Å². The van der Waals surface area contributed by atoms with E-state index in [2.05, 4.69) is 4.98 Å². The van der Waals surface area contributed by atoms with E-state index in [1.54, 1.807) is 30.3 Å². The number of benzene rings is 1. The van der Waals surface area contributed by atoms with Gasteiger partial charge in [0, 0.05) is 31.4 Å². The number of nitrogens with two attached hydrogens (primary N) is 1. The van der Waals surface area contributed by atoms with Gasteiger partial charge in [-0.2, -0.15) is 0 Å². The highest BCUT2D eigenvalue weighted by Gasteiger charge is 2.26. The van der Waals surface area contributed by atoms with Crippen molar-refractivity contribution in [2.24, 2.45) is 5.73 Å². The second-order valence-electron chi connectivity index (χ2n) is 5.92. The fourth-order valence-corrected chi connectivity index (χ4v) is 3.25. The smallest absolute Gasteiger partial charge is 0.255 e. The lowest BCUT2D eigenvalue weighted by atomic mass is 10.0. The van der Waals surface area contributed by atoms with Gasteiger partial charge >= 0.3 is 0 Å². The first-order valence-corrected chi connectivity index (χ1v) is 8.94. The molecule has 2 aromatic rings. The molecule has 1 atom stereocenters. The Hall–Kier alpha value is -1.24. The predicted molar refractivity (Wildman–Crippen MR) is 113 cm³/mol. The first-order chi connectivity index (χ1) is 12.1. The molecular formula is C18H21Cl4N3O2. The Bertz CT molecular complexity index is 759. The number of hydrogen-bond donors (Lipinski definition) is 1. The molecule has 2 N–H and O–H groups in total. The molecule has 0 bridgehead atoms. The van der Waals surface area contributed by atoms with Crippen molar-refractivity contribution in [2.45, 2.75) is 25.3 Å². The standard InChI is InChI=1S/C18H19Cl2N3O2.2ClH/c19-14-5-3-6-15(17(14)20)25-16-8-7-12(11-22-16)18(24)23-9-2-1-4-13(23)10-21;;/h3,5-8,11,13H,1-2,4,9-10,21H2;2*1H. The van der Waals surface area contributed by atoms with E-state index in [0.29, 0.717) is 33.8 Å². The lowest BCUT2D eigenvalue weighted by molar-refractivity contribution is 0.0623. The molecule has 2 heterocycles. The van der Waals surface area contributed by atoms with Crippen LogP contribution in [0.3, 0.4) is 0 Å². The van der Waals surface area contributed by atoms with Crippen LogP contribution >= 0.6 is 48.0 Å². The number of hydrogen-bond acceptors (Lipinski definition) is 4. The van der Waals surface area contributed by atoms with E-state index < -0.39 is 0 Å². The first kappa shape index (κ1) is 23.8. The number of ether oxygens (including phenoxy) is 1. The number of amides is 1. The summed E-state index contributed by atoms with van der Waals surface area (Å²) in [6.07, 6.45) is 4.57. The van der Waals surface area contributed by atoms with Gasteiger partial charge in [0.15, 0.2) is 0 Å². The number of halogens is 4. The summed E-state index contributed by atoms with van der Waals surface area (Å²) >= 11 is 12.1. The Kier molecular flexibility index (Phi) is 9.63. The van der Waals surface area contributed by atoms with Gasteiger partial charge < -0.3 is 15.4 Å². The maximum atomic E-state index is 12.7. The second-order valence-corrected chi connectivity index (χ2v) is 6.71. The van der Waals surface area contributed by atoms with Crippen LogP contribution in [0.25, 0.3) is 0 Å². The minimum Gasteiger partial charge on any atom is -0.437 e. The summed E-state index contributed by atoms with van der Waals surface area (Å²) < 4.78 is 5.64. The van der Waals surface area contributed by atoms with E-state index >= 15 is 0 Å². The van der Waals surface area contributed by atoms with E-state index in [9.17, 15) is 4.79 Å². The Labute approximate surface area is 181 Å². The zero-order valence-electron chi connectivity index (χ0n) is 14.4. The van der Waals surface area contributed by atoms with Crippen molar-refractivity contribution in [1.82, 2.24) is 9.88 Å². The van der Waals surface area contributed by atoms with Crippen LogP contribution in [0.1, 0.15) is 29.6 Å². The molecule has 1 amide bonds. The zero-order chi connectivity index (χ0) is 17.8. The van der Waals surface area contributed by atoms with Gasteiger partial charge in [0.25, 0.3) is 5.91 Å². The van der Waals surface area contributed by atoms with Gasteiger partial charge in [-0.05, 0) is 37.5 Å². The average molecular weight is 453 g/mol. The summed E-state index contributed by atoms with van der Waals surface area (Å²) in [4.78, 5) is 18.7. The third kappa shape index (κ3) is 5.62. The monoisotopic (exact) mass is 451 g/mol. The lowest BCUT2D eigenvalue weighted by Crippen LogP contribution is -2.47. The molecule has 1 aromatic carbocycles. The van der Waals surface area contributed by atoms with E-state index in [1.807, 2.05) is 4.90 Å². The van der Waals surface area contributed by atoms with Crippen LogP contribution in [0.2, 0.25) is 10.0 Å². The number of pyridine rings is 1. The minimum atomic E-state index is -0.0463. The normalized spacial score (nSPS) is 16.1. The number of carbonyl (C=O) groups is 1. The summed E-state index contributed by atoms with van der Waals surface area (Å²) in [7, 11) is 0. The second kappa shape index (κ2) is 10.9. The molecule has 0 saturated carbocycles. The summed E-state index contributed by atoms with van der Waals surface area (Å²) in [6.45, 7) is 1.21. The highest BCUT2D eigenvalue weighted by molar-refractivity contribution is 6.42. The van der Waals surface area contributed by atoms with E-state index in [-0.39, 0.29) is 36.8 Å². The van der Waals surface area contributed by atoms with Crippen molar-refractivity contribution in [3.63, 3.8) is 0 Å². The van der Waals surface area contributed by atoms with Crippen LogP contribution in [0, 0.1) is 0 Å². The molecule has 0 aliphatic carbocycles. The molecular weight excluding hydrogens is 432 g/mol. The van der Waals surface area contributed by atoms with Gasteiger partial charge in [0.1, 0.15) is 10.8 Å². The number of carbonyl (C=O) groups excluding carboxylic acids is 1. The van der Waals surface area contributed by atoms with Crippen molar-refractivity contribution in [3.8, 4) is 11.6 Å². The van der Waals surface area contributed by atoms with Crippen LogP contribution in [-0.4, -0.2) is 34.9 Å². The summed E-state index contributed by atoms with van der Waals surface area (Å²) in [5.41, 5.74) is 6.31. The number of nitrogens with zero attached hydrogens (tertiary/aromatic N) is 2. The zero-order valence-corrected chi connectivity index (χ0v) is 17.6. The number of aromatic nitrogens is 1. The van der Waals surface area contributed by atoms with Gasteiger partial charge in [-0.3, -0.25) is 4.79 Å². The fourth-order valence-electron chi connectivity index (χ4n) is 2.92. The highest BCUT2D eigenvalue weighted by atomic mass is 35.5. The maximum absolute atomic E-state index is 12.7. The van der Waals surface area contributed by atoms with Gasteiger partial charge in [-0.15, -0.1) is 24.8 Å². The van der Waals surface area contributed by atoms with Crippen molar-refractivity contribution < 1.29 is 9.53 Å². The molecule has 27 heavy (non-hydrogen) atoms. The fraction of sp³-hybridized carbons (Fsp3) is 0.333. The molecule has 148 valence electrons. The van der Waals surface area contributed by atoms with Gasteiger partial charge in [0.2, 0.25) is 5.88 Å². The van der Waals surface area contributed by atoms with Gasteiger partial charge in [0.05, 0.1) is 10.6 Å². The molecule has 1 aliphatic heterocycles. The number of rotatable bonds is 4. The molecule has 1 aliphatic rings. The number of likely N-dealkylation sites (tertiary alicyclic amines) is 1. The quantitative estimate of drug-likeness (QED) is 0.710. The average Bonchev–Trinajstić information content (AvgIpc) is 2.65. The molecule has 1 saturated heterocycles. The molecule has 0 spiro atoms. The highest BCUT2D eigenvalue weighted by Crippen LogP contribution is 2.34. The molecule has 5 nitrogen and oxygen atoms in total. The van der Waals surface area contributed by atoms with Crippen LogP contribution in [0.15, 0.2) is 36.5 Å². The van der Waals surface area contributed by atoms with E-state index in [4.69, 9.17) is 33.7 Å². The van der Waals surface area contributed by atoms with Crippen LogP contribution in [0.4, 0.5) is 0 Å². The van der Waals surface area contributed by atoms with Crippen LogP contribution < -0.4 is 10.5 Å². The van der Waals surface area contributed by atoms with E-state index in [0.717, 1.165) is 25.8 Å². The summed E-state index contributed by atoms with van der Waals surface area (Å²) in [5.74, 6) is 0.713. The van der Waals surface area contributed by atoms with Gasteiger partial charge in [-0.25, -0.2) is 4.98 Å². The Balaban J connectivity index is 0.00000182. The lowest BCUT2D eigenvalue weighted by Gasteiger charge is -2.35. The molecule has 1 aromatic heterocycles. The molecule has 3 rings (SSSR count). The van der Waals surface area contributed by atoms with Crippen LogP contribution in [0.5, 0.6) is 11.6 Å². The molecule has 0 radical (unpaired) electrons. The Morgan fingerprint density at radius 3 is 2.67 bits per heavy atom. The van der Waals surface area contributed by atoms with Crippen LogP contribution in [-0.2, 0) is 0 Å². The Morgan fingerprint density at radius 2 is 2.00 bits per heavy atom. The first-order valence-electron chi connectivity index (χ1n) is 8.19. The molecule has 1 unspecified atom stereocenters. The van der Waals surface area contributed by atoms with Crippen molar-refractivity contribution >= 4 is 53.9 Å². The topological polar surface area (TPSA) is 68.5 Å². The SMILES string of the molecule is Cl.Cl.NCC1CCCCN1C(=O)c1ccc(Oc2cccc(Cl)c2Cl)nc1. The molecule has 9 heteroatoms. The maximum Gasteiger partial charge on any atom is 0.255 e. The third-order valence-corrected chi connectivity index (χ3v) is 5.08. The van der Waals surface area contributed by atoms with Crippen molar-refractivity contribution in [3.05, 3.63) is 52.1 Å². The van der Waals surface area contributed by atoms with Crippen molar-refractivity contribution in [2.75, 3.05) is 13.1 Å². The van der Waals surface area contributed by atoms with Crippen molar-refractivity contribution in [1.29, 1.82) is 0 Å².